The summed E-state index contributed by atoms with van der Waals surface area (Å²) >= 11 is 0. The van der Waals surface area contributed by atoms with Crippen LogP contribution in [0.4, 0.5) is 0 Å². The molecule has 0 aromatic heterocycles. The summed E-state index contributed by atoms with van der Waals surface area (Å²) in [4.78, 5) is 0. The minimum Gasteiger partial charge on any atom is -0.393 e. The van der Waals surface area contributed by atoms with Crippen molar-refractivity contribution in [3.63, 3.8) is 0 Å². The van der Waals surface area contributed by atoms with Crippen molar-refractivity contribution >= 4 is 0 Å². The fraction of sp³-hybridized carbons (Fsp3) is 1.00. The van der Waals surface area contributed by atoms with Crippen LogP contribution in [0.3, 0.4) is 0 Å². The van der Waals surface area contributed by atoms with E-state index in [0.717, 1.165) is 0 Å². The third kappa shape index (κ3) is 1.90. The van der Waals surface area contributed by atoms with E-state index in [1.54, 1.807) is 0 Å². The maximum absolute atomic E-state index is 9.65. The fourth-order valence-corrected chi connectivity index (χ4v) is 1.62. The molecule has 0 amide bonds. The molecule has 84 valence electrons. The van der Waals surface area contributed by atoms with E-state index in [0.29, 0.717) is 0 Å². The van der Waals surface area contributed by atoms with Crippen LogP contribution in [0, 0.1) is 0 Å². The maximum Gasteiger partial charge on any atom is 0.116 e. The zero-order chi connectivity index (χ0) is 10.9. The van der Waals surface area contributed by atoms with Gasteiger partial charge in [-0.2, -0.15) is 0 Å². The molecule has 1 rings (SSSR count). The Bertz CT molecular complexity index is 198. The Morgan fingerprint density at radius 3 is 2.14 bits per heavy atom. The normalized spacial score (nSPS) is 50.1. The van der Waals surface area contributed by atoms with Gasteiger partial charge in [-0.3, -0.25) is 0 Å². The van der Waals surface area contributed by atoms with Crippen LogP contribution in [-0.2, 0) is 0 Å². The number of hydrogen-bond donors (Lipinski definition) is 6. The van der Waals surface area contributed by atoms with E-state index in [1.807, 2.05) is 0 Å². The highest BCUT2D eigenvalue weighted by Gasteiger charge is 2.46. The molecule has 1 aliphatic carbocycles. The van der Waals surface area contributed by atoms with E-state index in [2.05, 4.69) is 0 Å². The molecule has 0 aliphatic heterocycles. The Labute approximate surface area is 81.1 Å². The molecule has 6 N–H and O–H groups in total. The molecule has 0 saturated heterocycles. The predicted molar refractivity (Wildman–Crippen MR) is 45.3 cm³/mol. The number of aliphatic hydroxyl groups excluding tert-OH is 5. The molecule has 0 aromatic carbocycles. The molecule has 6 nitrogen and oxygen atoms in total. The van der Waals surface area contributed by atoms with Crippen LogP contribution in [0.15, 0.2) is 0 Å². The van der Waals surface area contributed by atoms with Gasteiger partial charge in [0, 0.05) is 0 Å². The van der Waals surface area contributed by atoms with Gasteiger partial charge < -0.3 is 30.6 Å². The second-order valence-corrected chi connectivity index (χ2v) is 3.79. The topological polar surface area (TPSA) is 121 Å². The highest BCUT2D eigenvalue weighted by molar-refractivity contribution is 4.98. The van der Waals surface area contributed by atoms with Crippen LogP contribution in [0.1, 0.15) is 12.8 Å². The molecule has 5 atom stereocenters. The van der Waals surface area contributed by atoms with Crippen molar-refractivity contribution in [1.82, 2.24) is 0 Å². The fourth-order valence-electron chi connectivity index (χ4n) is 1.62. The van der Waals surface area contributed by atoms with Crippen LogP contribution in [-0.4, -0.2) is 67.3 Å². The van der Waals surface area contributed by atoms with Gasteiger partial charge in [-0.05, 0) is 12.8 Å². The van der Waals surface area contributed by atoms with Crippen LogP contribution < -0.4 is 0 Å². The molecule has 1 saturated carbocycles. The van der Waals surface area contributed by atoms with E-state index < -0.39 is 36.6 Å². The molecule has 1 aliphatic rings. The van der Waals surface area contributed by atoms with Crippen molar-refractivity contribution in [1.29, 1.82) is 0 Å². The predicted octanol–water partition coefficient (Wildman–Crippen LogP) is -3.05. The van der Waals surface area contributed by atoms with Crippen molar-refractivity contribution in [2.24, 2.45) is 0 Å². The highest BCUT2D eigenvalue weighted by atomic mass is 16.4. The van der Waals surface area contributed by atoms with Crippen LogP contribution in [0.25, 0.3) is 0 Å². The lowest BCUT2D eigenvalue weighted by molar-refractivity contribution is -0.165. The second kappa shape index (κ2) is 4.09. The zero-order valence-corrected chi connectivity index (χ0v) is 7.61. The van der Waals surface area contributed by atoms with E-state index in [4.69, 9.17) is 5.11 Å². The van der Waals surface area contributed by atoms with Crippen LogP contribution in [0.5, 0.6) is 0 Å². The van der Waals surface area contributed by atoms with Crippen molar-refractivity contribution in [3.05, 3.63) is 0 Å². The van der Waals surface area contributed by atoms with Gasteiger partial charge in [0.1, 0.15) is 23.9 Å². The Kier molecular flexibility index (Phi) is 3.46. The third-order valence-electron chi connectivity index (χ3n) is 2.76. The average Bonchev–Trinajstić information content (AvgIpc) is 2.26. The summed E-state index contributed by atoms with van der Waals surface area (Å²) in [5.74, 6) is 0. The molecular weight excluding hydrogens is 192 g/mol. The summed E-state index contributed by atoms with van der Waals surface area (Å²) in [6, 6.07) is 0. The monoisotopic (exact) mass is 208 g/mol. The molecule has 0 aromatic rings. The summed E-state index contributed by atoms with van der Waals surface area (Å²) in [7, 11) is 0. The van der Waals surface area contributed by atoms with Gasteiger partial charge in [0.25, 0.3) is 0 Å². The Morgan fingerprint density at radius 2 is 1.64 bits per heavy atom. The van der Waals surface area contributed by atoms with Gasteiger partial charge in [-0.1, -0.05) is 0 Å². The smallest absolute Gasteiger partial charge is 0.116 e. The van der Waals surface area contributed by atoms with Crippen molar-refractivity contribution < 1.29 is 30.6 Å². The Morgan fingerprint density at radius 1 is 1.07 bits per heavy atom. The van der Waals surface area contributed by atoms with Crippen LogP contribution >= 0.6 is 0 Å². The first-order chi connectivity index (χ1) is 6.42. The molecule has 0 radical (unpaired) electrons. The van der Waals surface area contributed by atoms with Crippen molar-refractivity contribution in [2.45, 2.75) is 42.9 Å². The van der Waals surface area contributed by atoms with Gasteiger partial charge in [-0.15, -0.1) is 0 Å². The lowest BCUT2D eigenvalue weighted by Crippen LogP contribution is -2.54. The molecule has 0 bridgehead atoms. The van der Waals surface area contributed by atoms with Crippen molar-refractivity contribution in [2.75, 3.05) is 6.61 Å². The van der Waals surface area contributed by atoms with Gasteiger partial charge in [0.15, 0.2) is 0 Å². The quantitative estimate of drug-likeness (QED) is 0.255. The molecule has 0 unspecified atom stereocenters. The molecule has 0 heterocycles. The molecule has 0 spiro atoms. The first-order valence-corrected chi connectivity index (χ1v) is 4.48. The maximum atomic E-state index is 9.65. The minimum atomic E-state index is -1.86. The van der Waals surface area contributed by atoms with E-state index in [-0.39, 0.29) is 12.8 Å². The van der Waals surface area contributed by atoms with Crippen LogP contribution in [0.2, 0.25) is 0 Å². The summed E-state index contributed by atoms with van der Waals surface area (Å²) in [6.45, 7) is -0.731. The SMILES string of the molecule is OC[C@]1(O)CC[C@@H](O)[C@@H](O)[C@@H](O)[C@@H]1O. The summed E-state index contributed by atoms with van der Waals surface area (Å²) in [5.41, 5.74) is -1.86. The third-order valence-corrected chi connectivity index (χ3v) is 2.76. The number of rotatable bonds is 1. The highest BCUT2D eigenvalue weighted by Crippen LogP contribution is 2.27. The molecular formula is C8H16O6. The lowest BCUT2D eigenvalue weighted by Gasteiger charge is -2.32. The van der Waals surface area contributed by atoms with E-state index in [1.165, 1.54) is 0 Å². The Hall–Kier alpha value is -0.240. The molecule has 1 fully saturated rings. The number of aliphatic hydroxyl groups is 6. The minimum absolute atomic E-state index is 0.00630. The number of hydrogen-bond acceptors (Lipinski definition) is 6. The van der Waals surface area contributed by atoms with E-state index in [9.17, 15) is 25.5 Å². The van der Waals surface area contributed by atoms with Gasteiger partial charge >= 0.3 is 0 Å². The Balaban J connectivity index is 2.86. The second-order valence-electron chi connectivity index (χ2n) is 3.79. The summed E-state index contributed by atoms with van der Waals surface area (Å²) in [6.07, 6.45) is -6.12. The first-order valence-electron chi connectivity index (χ1n) is 4.48. The van der Waals surface area contributed by atoms with Crippen molar-refractivity contribution in [3.8, 4) is 0 Å². The lowest BCUT2D eigenvalue weighted by atomic mass is 9.91. The van der Waals surface area contributed by atoms with Gasteiger partial charge in [-0.25, -0.2) is 0 Å². The zero-order valence-electron chi connectivity index (χ0n) is 7.61. The van der Waals surface area contributed by atoms with Gasteiger partial charge in [0.05, 0.1) is 12.7 Å². The summed E-state index contributed by atoms with van der Waals surface area (Å²) < 4.78 is 0. The standard InChI is InChI=1S/C8H16O6/c9-3-8(14)2-1-4(10)5(11)6(12)7(8)13/h4-7,9-14H,1-3H2/t4-,5-,6-,7+,8-/m1/s1. The average molecular weight is 208 g/mol. The van der Waals surface area contributed by atoms with E-state index >= 15 is 0 Å². The molecule has 14 heavy (non-hydrogen) atoms. The summed E-state index contributed by atoms with van der Waals surface area (Å²) in [5, 5.41) is 55.8. The largest absolute Gasteiger partial charge is 0.393 e. The molecule has 6 heteroatoms. The van der Waals surface area contributed by atoms with Gasteiger partial charge in [0.2, 0.25) is 0 Å². The first kappa shape index (κ1) is 11.8.